The van der Waals surface area contributed by atoms with Crippen LogP contribution in [0.3, 0.4) is 0 Å². The van der Waals surface area contributed by atoms with Crippen LogP contribution in [0.1, 0.15) is 24.7 Å². The van der Waals surface area contributed by atoms with Gasteiger partial charge in [0.25, 0.3) is 0 Å². The van der Waals surface area contributed by atoms with Gasteiger partial charge >= 0.3 is 11.9 Å². The minimum Gasteiger partial charge on any atom is -0.465 e. The molecule has 0 bridgehead atoms. The molecule has 0 amide bonds. The van der Waals surface area contributed by atoms with Gasteiger partial charge in [-0.05, 0) is 31.5 Å². The van der Waals surface area contributed by atoms with Crippen molar-refractivity contribution in [3.63, 3.8) is 0 Å². The van der Waals surface area contributed by atoms with Gasteiger partial charge in [0.1, 0.15) is 0 Å². The number of anilines is 1. The first kappa shape index (κ1) is 19.8. The van der Waals surface area contributed by atoms with Crippen molar-refractivity contribution in [3.8, 4) is 0 Å². The molecule has 2 N–H and O–H groups in total. The zero-order chi connectivity index (χ0) is 18.9. The standard InChI is InChI=1S/C20H23NO4S/c1-3-24-19(22)17(20(23)25-4-2)18(14-10-6-5-7-11-14)26-16-13-9-8-12-15(16)21/h5-13,17-18H,3-4,21H2,1-2H3. The van der Waals surface area contributed by atoms with E-state index in [1.165, 1.54) is 11.8 Å². The van der Waals surface area contributed by atoms with Gasteiger partial charge in [-0.15, -0.1) is 11.8 Å². The molecule has 0 saturated heterocycles. The quantitative estimate of drug-likeness (QED) is 0.328. The summed E-state index contributed by atoms with van der Waals surface area (Å²) in [5, 5.41) is -0.515. The second-order valence-corrected chi connectivity index (χ2v) is 6.65. The molecule has 0 saturated carbocycles. The van der Waals surface area contributed by atoms with E-state index >= 15 is 0 Å². The maximum Gasteiger partial charge on any atom is 0.321 e. The first-order chi connectivity index (χ1) is 12.6. The van der Waals surface area contributed by atoms with Gasteiger partial charge in [0.15, 0.2) is 5.92 Å². The van der Waals surface area contributed by atoms with Gasteiger partial charge in [-0.25, -0.2) is 0 Å². The maximum absolute atomic E-state index is 12.6. The van der Waals surface area contributed by atoms with E-state index in [9.17, 15) is 9.59 Å². The fourth-order valence-electron chi connectivity index (χ4n) is 2.50. The summed E-state index contributed by atoms with van der Waals surface area (Å²) in [7, 11) is 0. The highest BCUT2D eigenvalue weighted by Gasteiger charge is 2.39. The van der Waals surface area contributed by atoms with Crippen LogP contribution in [0.5, 0.6) is 0 Å². The van der Waals surface area contributed by atoms with Crippen molar-refractivity contribution in [1.29, 1.82) is 0 Å². The summed E-state index contributed by atoms with van der Waals surface area (Å²) < 4.78 is 10.3. The fourth-order valence-corrected chi connectivity index (χ4v) is 3.79. The number of nitrogens with two attached hydrogens (primary N) is 1. The smallest absolute Gasteiger partial charge is 0.321 e. The first-order valence-electron chi connectivity index (χ1n) is 8.47. The van der Waals surface area contributed by atoms with E-state index < -0.39 is 23.1 Å². The van der Waals surface area contributed by atoms with Gasteiger partial charge in [0, 0.05) is 10.6 Å². The molecule has 0 aliphatic heterocycles. The van der Waals surface area contributed by atoms with Crippen molar-refractivity contribution in [2.75, 3.05) is 18.9 Å². The second kappa shape index (κ2) is 9.87. The molecule has 1 unspecified atom stereocenters. The topological polar surface area (TPSA) is 78.6 Å². The number of rotatable bonds is 8. The summed E-state index contributed by atoms with van der Waals surface area (Å²) in [5.41, 5.74) is 7.48. The van der Waals surface area contributed by atoms with E-state index in [4.69, 9.17) is 15.2 Å². The third-order valence-corrected chi connectivity index (χ3v) is 5.11. The third kappa shape index (κ3) is 5.02. The molecule has 0 spiro atoms. The molecule has 0 aliphatic rings. The van der Waals surface area contributed by atoms with Crippen molar-refractivity contribution in [2.24, 2.45) is 5.92 Å². The zero-order valence-corrected chi connectivity index (χ0v) is 15.7. The number of thioether (sulfide) groups is 1. The molecule has 2 aromatic carbocycles. The van der Waals surface area contributed by atoms with Crippen LogP contribution in [0.2, 0.25) is 0 Å². The molecule has 0 fully saturated rings. The number of hydrogen-bond donors (Lipinski definition) is 1. The second-order valence-electron chi connectivity index (χ2n) is 5.47. The highest BCUT2D eigenvalue weighted by molar-refractivity contribution is 7.99. The number of esters is 2. The lowest BCUT2D eigenvalue weighted by molar-refractivity contribution is -0.161. The Morgan fingerprint density at radius 3 is 2.00 bits per heavy atom. The lowest BCUT2D eigenvalue weighted by Crippen LogP contribution is -2.32. The average Bonchev–Trinajstić information content (AvgIpc) is 2.64. The summed E-state index contributed by atoms with van der Waals surface area (Å²) in [6.45, 7) is 3.79. The minimum atomic E-state index is -1.08. The summed E-state index contributed by atoms with van der Waals surface area (Å²) in [5.74, 6) is -2.27. The Morgan fingerprint density at radius 2 is 1.46 bits per heavy atom. The zero-order valence-electron chi connectivity index (χ0n) is 14.9. The molecular formula is C20H23NO4S. The first-order valence-corrected chi connectivity index (χ1v) is 9.35. The molecule has 138 valence electrons. The Kier molecular flexibility index (Phi) is 7.53. The van der Waals surface area contributed by atoms with Gasteiger partial charge in [-0.1, -0.05) is 42.5 Å². The SMILES string of the molecule is CCOC(=O)C(C(=O)OCC)C(Sc1ccccc1N)c1ccccc1. The van der Waals surface area contributed by atoms with Crippen LogP contribution in [0.4, 0.5) is 5.69 Å². The number of para-hydroxylation sites is 1. The largest absolute Gasteiger partial charge is 0.465 e. The molecule has 5 nitrogen and oxygen atoms in total. The Balaban J connectivity index is 2.46. The van der Waals surface area contributed by atoms with Crippen LogP contribution in [-0.4, -0.2) is 25.2 Å². The van der Waals surface area contributed by atoms with Crippen LogP contribution in [0, 0.1) is 5.92 Å². The number of ether oxygens (including phenoxy) is 2. The van der Waals surface area contributed by atoms with Crippen LogP contribution >= 0.6 is 11.8 Å². The summed E-state index contributed by atoms with van der Waals surface area (Å²) in [4.78, 5) is 26.0. The van der Waals surface area contributed by atoms with E-state index in [-0.39, 0.29) is 13.2 Å². The Bertz CT molecular complexity index is 718. The number of benzene rings is 2. The molecular weight excluding hydrogens is 350 g/mol. The van der Waals surface area contributed by atoms with Crippen LogP contribution in [0.25, 0.3) is 0 Å². The number of hydrogen-bond acceptors (Lipinski definition) is 6. The van der Waals surface area contributed by atoms with Crippen molar-refractivity contribution < 1.29 is 19.1 Å². The van der Waals surface area contributed by atoms with Crippen molar-refractivity contribution >= 4 is 29.4 Å². The molecule has 26 heavy (non-hydrogen) atoms. The summed E-state index contributed by atoms with van der Waals surface area (Å²) in [6.07, 6.45) is 0. The van der Waals surface area contributed by atoms with Gasteiger partial charge in [-0.3, -0.25) is 9.59 Å². The highest BCUT2D eigenvalue weighted by Crippen LogP contribution is 2.43. The van der Waals surface area contributed by atoms with E-state index in [1.54, 1.807) is 19.9 Å². The average molecular weight is 373 g/mol. The highest BCUT2D eigenvalue weighted by atomic mass is 32.2. The molecule has 2 aromatic rings. The fraction of sp³-hybridized carbons (Fsp3) is 0.300. The van der Waals surface area contributed by atoms with E-state index in [0.717, 1.165) is 10.5 Å². The Labute approximate surface area is 157 Å². The number of carbonyl (C=O) groups is 2. The van der Waals surface area contributed by atoms with Crippen LogP contribution in [0.15, 0.2) is 59.5 Å². The summed E-state index contributed by atoms with van der Waals surface area (Å²) in [6, 6.07) is 16.7. The van der Waals surface area contributed by atoms with Crippen molar-refractivity contribution in [3.05, 3.63) is 60.2 Å². The van der Waals surface area contributed by atoms with Crippen molar-refractivity contribution in [2.45, 2.75) is 24.0 Å². The predicted molar refractivity (Wildman–Crippen MR) is 103 cm³/mol. The molecule has 6 heteroatoms. The monoisotopic (exact) mass is 373 g/mol. The Hall–Kier alpha value is -2.47. The van der Waals surface area contributed by atoms with Gasteiger partial charge in [0.2, 0.25) is 0 Å². The van der Waals surface area contributed by atoms with Crippen LogP contribution < -0.4 is 5.73 Å². The normalized spacial score (nSPS) is 11.8. The van der Waals surface area contributed by atoms with Crippen molar-refractivity contribution in [1.82, 2.24) is 0 Å². The van der Waals surface area contributed by atoms with E-state index in [0.29, 0.717) is 5.69 Å². The lowest BCUT2D eigenvalue weighted by Gasteiger charge is -2.24. The number of nitrogen functional groups attached to an aromatic ring is 1. The predicted octanol–water partition coefficient (Wildman–Crippen LogP) is 3.84. The Morgan fingerprint density at radius 1 is 0.923 bits per heavy atom. The van der Waals surface area contributed by atoms with Gasteiger partial charge in [-0.2, -0.15) is 0 Å². The minimum absolute atomic E-state index is 0.189. The molecule has 0 aliphatic carbocycles. The third-order valence-electron chi connectivity index (χ3n) is 3.68. The molecule has 0 aromatic heterocycles. The summed E-state index contributed by atoms with van der Waals surface area (Å²) >= 11 is 1.36. The van der Waals surface area contributed by atoms with E-state index in [1.807, 2.05) is 48.5 Å². The molecule has 0 heterocycles. The maximum atomic E-state index is 12.6. The molecule has 1 atom stereocenters. The van der Waals surface area contributed by atoms with Crippen LogP contribution in [-0.2, 0) is 19.1 Å². The molecule has 2 rings (SSSR count). The lowest BCUT2D eigenvalue weighted by atomic mass is 9.98. The van der Waals surface area contributed by atoms with Gasteiger partial charge in [0.05, 0.1) is 18.5 Å². The number of carbonyl (C=O) groups excluding carboxylic acids is 2. The van der Waals surface area contributed by atoms with E-state index in [2.05, 4.69) is 0 Å². The molecule has 0 radical (unpaired) electrons. The van der Waals surface area contributed by atoms with Gasteiger partial charge < -0.3 is 15.2 Å².